The van der Waals surface area contributed by atoms with Crippen molar-refractivity contribution in [3.63, 3.8) is 0 Å². The van der Waals surface area contributed by atoms with Gasteiger partial charge in [-0.05, 0) is 22.6 Å². The Morgan fingerprint density at radius 2 is 2.00 bits per heavy atom. The summed E-state index contributed by atoms with van der Waals surface area (Å²) in [5, 5.41) is 0.508. The van der Waals surface area contributed by atoms with Crippen LogP contribution in [0.1, 0.15) is 26.5 Å². The summed E-state index contributed by atoms with van der Waals surface area (Å²) >= 11 is 9.88. The lowest BCUT2D eigenvalue weighted by molar-refractivity contribution is 0.564. The Morgan fingerprint density at radius 1 is 1.29 bits per heavy atom. The Balaban J connectivity index is 2.62. The van der Waals surface area contributed by atoms with Crippen LogP contribution >= 0.6 is 45.5 Å². The molecule has 0 aliphatic heterocycles. The van der Waals surface area contributed by atoms with Gasteiger partial charge in [0.2, 0.25) is 0 Å². The Morgan fingerprint density at radius 3 is 2.53 bits per heavy atom. The third kappa shape index (κ3) is 2.77. The topological polar surface area (TPSA) is 38.7 Å². The maximum Gasteiger partial charge on any atom is 0.172 e. The molecule has 0 N–H and O–H groups in total. The van der Waals surface area contributed by atoms with E-state index in [-0.39, 0.29) is 5.41 Å². The highest BCUT2D eigenvalue weighted by Crippen LogP contribution is 2.32. The Labute approximate surface area is 123 Å². The van der Waals surface area contributed by atoms with Gasteiger partial charge in [0.15, 0.2) is 5.82 Å². The zero-order valence-electron chi connectivity index (χ0n) is 9.66. The van der Waals surface area contributed by atoms with Crippen molar-refractivity contribution >= 4 is 45.5 Å². The lowest BCUT2D eigenvalue weighted by atomic mass is 9.92. The fourth-order valence-corrected chi connectivity index (χ4v) is 3.13. The van der Waals surface area contributed by atoms with Gasteiger partial charge in [-0.1, -0.05) is 32.4 Å². The molecule has 0 fully saturated rings. The van der Waals surface area contributed by atoms with Crippen molar-refractivity contribution in [3.05, 3.63) is 26.1 Å². The van der Waals surface area contributed by atoms with Crippen molar-refractivity contribution in [1.29, 1.82) is 0 Å². The summed E-state index contributed by atoms with van der Waals surface area (Å²) in [6.45, 7) is 6.35. The lowest BCUT2D eigenvalue weighted by Gasteiger charge is -2.20. The number of hydrogen-bond donors (Lipinski definition) is 0. The van der Waals surface area contributed by atoms with Gasteiger partial charge in [-0.3, -0.25) is 4.98 Å². The van der Waals surface area contributed by atoms with Gasteiger partial charge in [0.1, 0.15) is 5.15 Å². The minimum atomic E-state index is -0.0530. The zero-order valence-corrected chi connectivity index (χ0v) is 13.4. The molecule has 0 aromatic carbocycles. The number of thiazole rings is 1. The number of hydrogen-bond acceptors (Lipinski definition) is 4. The summed E-state index contributed by atoms with van der Waals surface area (Å²) in [7, 11) is 0. The minimum Gasteiger partial charge on any atom is -0.252 e. The smallest absolute Gasteiger partial charge is 0.172 e. The molecule has 0 unspecified atom stereocenters. The average Bonchev–Trinajstić information content (AvgIpc) is 2.73. The second-order valence-corrected chi connectivity index (χ2v) is 6.94. The van der Waals surface area contributed by atoms with Crippen molar-refractivity contribution in [2.24, 2.45) is 0 Å². The molecule has 0 amide bonds. The van der Waals surface area contributed by atoms with Crippen LogP contribution in [0.5, 0.6) is 0 Å². The van der Waals surface area contributed by atoms with E-state index in [1.165, 1.54) is 11.3 Å². The summed E-state index contributed by atoms with van der Waals surface area (Å²) in [5.41, 5.74) is 2.69. The fraction of sp³-hybridized carbons (Fsp3) is 0.364. The average molecular weight is 380 g/mol. The van der Waals surface area contributed by atoms with Crippen LogP contribution in [0.4, 0.5) is 0 Å². The molecule has 0 aliphatic rings. The molecular formula is C11H11ClIN3S. The molecule has 0 bridgehead atoms. The molecule has 2 aromatic rings. The summed E-state index contributed by atoms with van der Waals surface area (Å²) in [6, 6.07) is 0. The molecule has 2 rings (SSSR count). The highest BCUT2D eigenvalue weighted by atomic mass is 127. The summed E-state index contributed by atoms with van der Waals surface area (Å²) in [6.07, 6.45) is 1.76. The van der Waals surface area contributed by atoms with Gasteiger partial charge in [0.25, 0.3) is 0 Å². The standard InChI is InChI=1S/C11H11ClIN3S/c1-11(2,3)8-7(13)9(12)16-10(15-8)6-4-14-5-17-6/h4-5H,1-3H3. The molecule has 0 aliphatic carbocycles. The van der Waals surface area contributed by atoms with Gasteiger partial charge < -0.3 is 0 Å². The van der Waals surface area contributed by atoms with E-state index < -0.39 is 0 Å². The molecule has 0 atom stereocenters. The van der Waals surface area contributed by atoms with Crippen LogP contribution in [0.15, 0.2) is 11.7 Å². The zero-order chi connectivity index (χ0) is 12.6. The molecule has 0 saturated carbocycles. The fourth-order valence-electron chi connectivity index (χ4n) is 1.35. The number of halogens is 2. The van der Waals surface area contributed by atoms with E-state index in [2.05, 4.69) is 58.3 Å². The Bertz CT molecular complexity index is 534. The first kappa shape index (κ1) is 13.2. The predicted octanol–water partition coefficient (Wildman–Crippen LogP) is 4.16. The normalized spacial score (nSPS) is 11.8. The first-order valence-corrected chi connectivity index (χ1v) is 7.35. The van der Waals surface area contributed by atoms with Crippen molar-refractivity contribution in [2.75, 3.05) is 0 Å². The quantitative estimate of drug-likeness (QED) is 0.552. The van der Waals surface area contributed by atoms with Crippen LogP contribution in [0, 0.1) is 3.57 Å². The van der Waals surface area contributed by atoms with Crippen molar-refractivity contribution < 1.29 is 0 Å². The third-order valence-electron chi connectivity index (χ3n) is 2.17. The van der Waals surface area contributed by atoms with Crippen LogP contribution in [-0.2, 0) is 5.41 Å². The van der Waals surface area contributed by atoms with Gasteiger partial charge in [-0.25, -0.2) is 9.97 Å². The van der Waals surface area contributed by atoms with Gasteiger partial charge in [0, 0.05) is 11.6 Å². The van der Waals surface area contributed by atoms with Gasteiger partial charge in [-0.15, -0.1) is 11.3 Å². The van der Waals surface area contributed by atoms with Crippen LogP contribution in [0.2, 0.25) is 5.15 Å². The van der Waals surface area contributed by atoms with E-state index in [0.717, 1.165) is 14.1 Å². The molecule has 3 nitrogen and oxygen atoms in total. The van der Waals surface area contributed by atoms with E-state index in [0.29, 0.717) is 11.0 Å². The van der Waals surface area contributed by atoms with E-state index in [1.807, 2.05) is 0 Å². The monoisotopic (exact) mass is 379 g/mol. The minimum absolute atomic E-state index is 0.0530. The van der Waals surface area contributed by atoms with Crippen molar-refractivity contribution in [2.45, 2.75) is 26.2 Å². The summed E-state index contributed by atoms with van der Waals surface area (Å²) in [4.78, 5) is 13.9. The molecule has 2 aromatic heterocycles. The van der Waals surface area contributed by atoms with E-state index >= 15 is 0 Å². The molecule has 0 radical (unpaired) electrons. The van der Waals surface area contributed by atoms with Crippen LogP contribution in [0.3, 0.4) is 0 Å². The van der Waals surface area contributed by atoms with Gasteiger partial charge >= 0.3 is 0 Å². The second-order valence-electron chi connectivity index (χ2n) is 4.62. The van der Waals surface area contributed by atoms with Gasteiger partial charge in [0.05, 0.1) is 19.7 Å². The van der Waals surface area contributed by atoms with E-state index in [4.69, 9.17) is 11.6 Å². The first-order valence-electron chi connectivity index (χ1n) is 5.02. The van der Waals surface area contributed by atoms with Crippen LogP contribution < -0.4 is 0 Å². The predicted molar refractivity (Wildman–Crippen MR) is 79.6 cm³/mol. The Kier molecular flexibility index (Phi) is 3.70. The van der Waals surface area contributed by atoms with Crippen molar-refractivity contribution in [1.82, 2.24) is 15.0 Å². The largest absolute Gasteiger partial charge is 0.252 e. The van der Waals surface area contributed by atoms with Gasteiger partial charge in [-0.2, -0.15) is 0 Å². The SMILES string of the molecule is CC(C)(C)c1nc(-c2cncs2)nc(Cl)c1I. The molecule has 17 heavy (non-hydrogen) atoms. The molecule has 0 spiro atoms. The number of rotatable bonds is 1. The maximum atomic E-state index is 6.17. The number of nitrogens with zero attached hydrogens (tertiary/aromatic N) is 3. The summed E-state index contributed by atoms with van der Waals surface area (Å²) in [5.74, 6) is 0.655. The second kappa shape index (κ2) is 4.78. The van der Waals surface area contributed by atoms with Crippen molar-refractivity contribution in [3.8, 4) is 10.7 Å². The van der Waals surface area contributed by atoms with E-state index in [9.17, 15) is 0 Å². The van der Waals surface area contributed by atoms with Crippen LogP contribution in [-0.4, -0.2) is 15.0 Å². The molecule has 2 heterocycles. The maximum absolute atomic E-state index is 6.17. The highest BCUT2D eigenvalue weighted by Gasteiger charge is 2.23. The molecular weight excluding hydrogens is 369 g/mol. The first-order chi connectivity index (χ1) is 7.89. The lowest BCUT2D eigenvalue weighted by Crippen LogP contribution is -2.17. The van der Waals surface area contributed by atoms with E-state index in [1.54, 1.807) is 11.7 Å². The molecule has 90 valence electrons. The highest BCUT2D eigenvalue weighted by molar-refractivity contribution is 14.1. The summed E-state index contributed by atoms with van der Waals surface area (Å²) < 4.78 is 0.921. The molecule has 0 saturated heterocycles. The third-order valence-corrected chi connectivity index (χ3v) is 4.56. The molecule has 6 heteroatoms. The number of aromatic nitrogens is 3. The van der Waals surface area contributed by atoms with Crippen LogP contribution in [0.25, 0.3) is 10.7 Å². The Hall–Kier alpha value is -0.270.